The van der Waals surface area contributed by atoms with Gasteiger partial charge in [0.05, 0.1) is 6.54 Å². The van der Waals surface area contributed by atoms with Crippen molar-refractivity contribution < 1.29 is 19.0 Å². The summed E-state index contributed by atoms with van der Waals surface area (Å²) in [5, 5.41) is 0. The van der Waals surface area contributed by atoms with E-state index in [0.717, 1.165) is 25.9 Å². The Morgan fingerprint density at radius 3 is 1.84 bits per heavy atom. The number of esters is 1. The first-order valence-electron chi connectivity index (χ1n) is 6.81. The predicted octanol–water partition coefficient (Wildman–Crippen LogP) is 1.70. The van der Waals surface area contributed by atoms with Gasteiger partial charge in [-0.2, -0.15) is 0 Å². The van der Waals surface area contributed by atoms with Gasteiger partial charge in [0.25, 0.3) is 0 Å². The third kappa shape index (κ3) is 12.1. The number of rotatable bonds is 10. The van der Waals surface area contributed by atoms with Crippen LogP contribution in [0.3, 0.4) is 0 Å². The lowest BCUT2D eigenvalue weighted by molar-refractivity contribution is -0.156. The Balaban J connectivity index is 4.11. The van der Waals surface area contributed by atoms with E-state index in [2.05, 4.69) is 4.90 Å². The van der Waals surface area contributed by atoms with Crippen molar-refractivity contribution in [1.29, 1.82) is 0 Å². The highest BCUT2D eigenvalue weighted by molar-refractivity contribution is 5.72. The molecule has 0 N–H and O–H groups in total. The third-order valence-electron chi connectivity index (χ3n) is 2.42. The number of hydrogen-bond acceptors (Lipinski definition) is 5. The van der Waals surface area contributed by atoms with Gasteiger partial charge in [0, 0.05) is 40.5 Å². The number of ether oxygens (including phenoxy) is 3. The highest BCUT2D eigenvalue weighted by atomic mass is 16.6. The SMILES string of the molecule is COCCCN(CCCOC)CC(=O)OC(C)(C)C. The average Bonchev–Trinajstić information content (AvgIpc) is 2.26. The van der Waals surface area contributed by atoms with E-state index in [1.807, 2.05) is 20.8 Å². The molecule has 19 heavy (non-hydrogen) atoms. The zero-order valence-corrected chi connectivity index (χ0v) is 13.0. The van der Waals surface area contributed by atoms with Crippen LogP contribution in [0, 0.1) is 0 Å². The van der Waals surface area contributed by atoms with Gasteiger partial charge in [0.1, 0.15) is 5.60 Å². The van der Waals surface area contributed by atoms with Gasteiger partial charge in [-0.3, -0.25) is 9.69 Å². The van der Waals surface area contributed by atoms with E-state index in [9.17, 15) is 4.79 Å². The lowest BCUT2D eigenvalue weighted by Crippen LogP contribution is -2.36. The Morgan fingerprint density at radius 1 is 1.00 bits per heavy atom. The molecule has 0 heterocycles. The molecule has 0 aromatic heterocycles. The maximum absolute atomic E-state index is 11.8. The van der Waals surface area contributed by atoms with E-state index >= 15 is 0 Å². The first kappa shape index (κ1) is 18.4. The van der Waals surface area contributed by atoms with Crippen molar-refractivity contribution in [2.75, 3.05) is 47.1 Å². The largest absolute Gasteiger partial charge is 0.459 e. The van der Waals surface area contributed by atoms with Gasteiger partial charge in [-0.25, -0.2) is 0 Å². The number of carbonyl (C=O) groups excluding carboxylic acids is 1. The number of carbonyl (C=O) groups is 1. The minimum Gasteiger partial charge on any atom is -0.459 e. The molecule has 0 aliphatic carbocycles. The van der Waals surface area contributed by atoms with Crippen molar-refractivity contribution in [1.82, 2.24) is 4.90 Å². The second kappa shape index (κ2) is 10.2. The predicted molar refractivity (Wildman–Crippen MR) is 75.3 cm³/mol. The fraction of sp³-hybridized carbons (Fsp3) is 0.929. The van der Waals surface area contributed by atoms with Gasteiger partial charge < -0.3 is 14.2 Å². The monoisotopic (exact) mass is 275 g/mol. The van der Waals surface area contributed by atoms with Crippen LogP contribution in [-0.2, 0) is 19.0 Å². The lowest BCUT2D eigenvalue weighted by atomic mass is 10.2. The molecule has 114 valence electrons. The molecule has 0 atom stereocenters. The molecule has 0 radical (unpaired) electrons. The number of nitrogens with zero attached hydrogens (tertiary/aromatic N) is 1. The molecule has 0 aliphatic heterocycles. The van der Waals surface area contributed by atoms with Crippen molar-refractivity contribution in [3.8, 4) is 0 Å². The second-order valence-electron chi connectivity index (χ2n) is 5.56. The Bertz CT molecular complexity index is 228. The molecule has 5 nitrogen and oxygen atoms in total. The topological polar surface area (TPSA) is 48.0 Å². The van der Waals surface area contributed by atoms with Crippen LogP contribution in [0.5, 0.6) is 0 Å². The summed E-state index contributed by atoms with van der Waals surface area (Å²) in [6.07, 6.45) is 1.82. The van der Waals surface area contributed by atoms with Crippen molar-refractivity contribution in [3.05, 3.63) is 0 Å². The van der Waals surface area contributed by atoms with Crippen molar-refractivity contribution in [2.24, 2.45) is 0 Å². The normalized spacial score (nSPS) is 11.9. The van der Waals surface area contributed by atoms with Crippen LogP contribution in [0.4, 0.5) is 0 Å². The van der Waals surface area contributed by atoms with E-state index in [-0.39, 0.29) is 5.97 Å². The van der Waals surface area contributed by atoms with E-state index in [1.54, 1.807) is 14.2 Å². The summed E-state index contributed by atoms with van der Waals surface area (Å²) in [6.45, 7) is 9.03. The minimum atomic E-state index is -0.429. The van der Waals surface area contributed by atoms with Crippen LogP contribution < -0.4 is 0 Å². The Labute approximate surface area is 117 Å². The molecule has 0 aliphatic rings. The third-order valence-corrected chi connectivity index (χ3v) is 2.42. The van der Waals surface area contributed by atoms with Gasteiger partial charge in [0.2, 0.25) is 0 Å². The molecule has 0 bridgehead atoms. The first-order chi connectivity index (χ1) is 8.89. The molecule has 0 fully saturated rings. The molecule has 5 heteroatoms. The summed E-state index contributed by atoms with van der Waals surface area (Å²) in [7, 11) is 3.37. The molecule has 0 rings (SSSR count). The number of methoxy groups -OCH3 is 2. The van der Waals surface area contributed by atoms with E-state index in [0.29, 0.717) is 19.8 Å². The second-order valence-corrected chi connectivity index (χ2v) is 5.56. The molecular formula is C14H29NO4. The molecule has 0 saturated carbocycles. The van der Waals surface area contributed by atoms with Crippen LogP contribution in [0.15, 0.2) is 0 Å². The Morgan fingerprint density at radius 2 is 1.47 bits per heavy atom. The molecule has 0 aromatic carbocycles. The maximum Gasteiger partial charge on any atom is 0.320 e. The van der Waals surface area contributed by atoms with Crippen molar-refractivity contribution in [3.63, 3.8) is 0 Å². The van der Waals surface area contributed by atoms with Crippen LogP contribution in [-0.4, -0.2) is 63.5 Å². The van der Waals surface area contributed by atoms with Crippen LogP contribution in [0.1, 0.15) is 33.6 Å². The van der Waals surface area contributed by atoms with Gasteiger partial charge >= 0.3 is 5.97 Å². The highest BCUT2D eigenvalue weighted by Crippen LogP contribution is 2.08. The first-order valence-corrected chi connectivity index (χ1v) is 6.81. The zero-order chi connectivity index (χ0) is 14.7. The summed E-state index contributed by atoms with van der Waals surface area (Å²) in [4.78, 5) is 13.9. The fourth-order valence-corrected chi connectivity index (χ4v) is 1.69. The van der Waals surface area contributed by atoms with E-state index in [1.165, 1.54) is 0 Å². The zero-order valence-electron chi connectivity index (χ0n) is 13.0. The average molecular weight is 275 g/mol. The Kier molecular flexibility index (Phi) is 9.83. The standard InChI is InChI=1S/C14H29NO4/c1-14(2,3)19-13(16)12-15(8-6-10-17-4)9-7-11-18-5/h6-12H2,1-5H3. The Hall–Kier alpha value is -0.650. The van der Waals surface area contributed by atoms with E-state index in [4.69, 9.17) is 14.2 Å². The summed E-state index contributed by atoms with van der Waals surface area (Å²) in [6, 6.07) is 0. The fourth-order valence-electron chi connectivity index (χ4n) is 1.69. The summed E-state index contributed by atoms with van der Waals surface area (Å²) in [5.41, 5.74) is -0.429. The quantitative estimate of drug-likeness (QED) is 0.448. The van der Waals surface area contributed by atoms with Gasteiger partial charge in [-0.05, 0) is 33.6 Å². The van der Waals surface area contributed by atoms with Gasteiger partial charge in [0.15, 0.2) is 0 Å². The molecule has 0 aromatic rings. The van der Waals surface area contributed by atoms with Crippen LogP contribution >= 0.6 is 0 Å². The molecular weight excluding hydrogens is 246 g/mol. The summed E-state index contributed by atoms with van der Waals surface area (Å²) >= 11 is 0. The van der Waals surface area contributed by atoms with E-state index < -0.39 is 5.60 Å². The van der Waals surface area contributed by atoms with Gasteiger partial charge in [-0.15, -0.1) is 0 Å². The van der Waals surface area contributed by atoms with Crippen molar-refractivity contribution >= 4 is 5.97 Å². The van der Waals surface area contributed by atoms with Gasteiger partial charge in [-0.1, -0.05) is 0 Å². The molecule has 0 unspecified atom stereocenters. The smallest absolute Gasteiger partial charge is 0.320 e. The number of hydrogen-bond donors (Lipinski definition) is 0. The maximum atomic E-state index is 11.8. The van der Waals surface area contributed by atoms with Crippen molar-refractivity contribution in [2.45, 2.75) is 39.2 Å². The molecule has 0 amide bonds. The molecule has 0 spiro atoms. The minimum absolute atomic E-state index is 0.178. The molecule has 0 saturated heterocycles. The summed E-state index contributed by atoms with van der Waals surface area (Å²) in [5.74, 6) is -0.178. The van der Waals surface area contributed by atoms with Crippen LogP contribution in [0.25, 0.3) is 0 Å². The summed E-state index contributed by atoms with van der Waals surface area (Å²) < 4.78 is 15.4. The lowest BCUT2D eigenvalue weighted by Gasteiger charge is -2.24. The van der Waals surface area contributed by atoms with Crippen LogP contribution in [0.2, 0.25) is 0 Å². The highest BCUT2D eigenvalue weighted by Gasteiger charge is 2.18.